The van der Waals surface area contributed by atoms with Gasteiger partial charge in [0.1, 0.15) is 11.9 Å². The SMILES string of the molecule is CC(N)c1nc(N)nc2c1ncn2CCOCP(=O)(O)O. The summed E-state index contributed by atoms with van der Waals surface area (Å²) in [5, 5.41) is 0. The van der Waals surface area contributed by atoms with Crippen LogP contribution < -0.4 is 11.5 Å². The van der Waals surface area contributed by atoms with Crippen molar-refractivity contribution in [3.05, 3.63) is 12.0 Å². The first-order valence-electron chi connectivity index (χ1n) is 6.14. The van der Waals surface area contributed by atoms with E-state index < -0.39 is 13.9 Å². The molecule has 2 heterocycles. The van der Waals surface area contributed by atoms with Crippen molar-refractivity contribution < 1.29 is 19.1 Å². The molecule has 0 amide bonds. The lowest BCUT2D eigenvalue weighted by Crippen LogP contribution is -2.12. The first-order valence-corrected chi connectivity index (χ1v) is 7.94. The highest BCUT2D eigenvalue weighted by molar-refractivity contribution is 7.51. The largest absolute Gasteiger partial charge is 0.368 e. The molecule has 6 N–H and O–H groups in total. The van der Waals surface area contributed by atoms with Crippen LogP contribution in [0.25, 0.3) is 11.2 Å². The van der Waals surface area contributed by atoms with Gasteiger partial charge in [-0.2, -0.15) is 4.98 Å². The van der Waals surface area contributed by atoms with Crippen LogP contribution in [0, 0.1) is 0 Å². The van der Waals surface area contributed by atoms with E-state index >= 15 is 0 Å². The van der Waals surface area contributed by atoms with E-state index in [1.165, 1.54) is 6.33 Å². The topological polar surface area (TPSA) is 162 Å². The van der Waals surface area contributed by atoms with Gasteiger partial charge < -0.3 is 30.6 Å². The molecule has 0 aliphatic carbocycles. The lowest BCUT2D eigenvalue weighted by Gasteiger charge is -2.08. The highest BCUT2D eigenvalue weighted by Crippen LogP contribution is 2.33. The summed E-state index contributed by atoms with van der Waals surface area (Å²) < 4.78 is 17.3. The number of hydrogen-bond acceptors (Lipinski definition) is 7. The number of rotatable bonds is 6. The Morgan fingerprint density at radius 1 is 1.48 bits per heavy atom. The Labute approximate surface area is 120 Å². The summed E-state index contributed by atoms with van der Waals surface area (Å²) in [6, 6.07) is -0.341. The zero-order valence-electron chi connectivity index (χ0n) is 11.4. The van der Waals surface area contributed by atoms with Gasteiger partial charge in [0.2, 0.25) is 5.95 Å². The van der Waals surface area contributed by atoms with Crippen molar-refractivity contribution in [2.24, 2.45) is 5.73 Å². The van der Waals surface area contributed by atoms with Gasteiger partial charge in [-0.25, -0.2) is 9.97 Å². The van der Waals surface area contributed by atoms with Crippen molar-refractivity contribution in [2.75, 3.05) is 18.7 Å². The molecule has 21 heavy (non-hydrogen) atoms. The molecule has 2 aromatic rings. The second-order valence-electron chi connectivity index (χ2n) is 4.57. The molecule has 0 aliphatic heterocycles. The van der Waals surface area contributed by atoms with E-state index in [0.717, 1.165) is 0 Å². The van der Waals surface area contributed by atoms with Crippen LogP contribution in [0.5, 0.6) is 0 Å². The van der Waals surface area contributed by atoms with Gasteiger partial charge in [-0.15, -0.1) is 0 Å². The monoisotopic (exact) mass is 316 g/mol. The highest BCUT2D eigenvalue weighted by atomic mass is 31.2. The minimum Gasteiger partial charge on any atom is -0.368 e. The van der Waals surface area contributed by atoms with Crippen LogP contribution in [0.4, 0.5) is 5.95 Å². The molecule has 0 aromatic carbocycles. The van der Waals surface area contributed by atoms with Crippen LogP contribution in [-0.2, 0) is 15.8 Å². The number of nitrogens with two attached hydrogens (primary N) is 2. The van der Waals surface area contributed by atoms with Crippen molar-refractivity contribution >= 4 is 24.7 Å². The minimum absolute atomic E-state index is 0.0904. The normalized spacial score (nSPS) is 13.7. The Morgan fingerprint density at radius 2 is 2.19 bits per heavy atom. The molecule has 0 radical (unpaired) electrons. The van der Waals surface area contributed by atoms with Crippen molar-refractivity contribution in [3.63, 3.8) is 0 Å². The molecule has 0 bridgehead atoms. The molecular formula is C10H17N6O4P. The van der Waals surface area contributed by atoms with Crippen molar-refractivity contribution in [1.82, 2.24) is 19.5 Å². The predicted octanol–water partition coefficient (Wildman–Crippen LogP) is -0.420. The quantitative estimate of drug-likeness (QED) is 0.409. The number of nitrogens with zero attached hydrogens (tertiary/aromatic N) is 4. The lowest BCUT2D eigenvalue weighted by molar-refractivity contribution is 0.149. The number of hydrogen-bond donors (Lipinski definition) is 4. The molecule has 1 atom stereocenters. The van der Waals surface area contributed by atoms with Crippen LogP contribution in [0.2, 0.25) is 0 Å². The first-order chi connectivity index (χ1) is 9.78. The minimum atomic E-state index is -4.16. The van der Waals surface area contributed by atoms with E-state index in [9.17, 15) is 4.57 Å². The van der Waals surface area contributed by atoms with E-state index in [4.69, 9.17) is 26.0 Å². The molecule has 0 fully saturated rings. The summed E-state index contributed by atoms with van der Waals surface area (Å²) in [4.78, 5) is 29.8. The molecule has 0 aliphatic rings. The van der Waals surface area contributed by atoms with Gasteiger partial charge in [0, 0.05) is 12.6 Å². The highest BCUT2D eigenvalue weighted by Gasteiger charge is 2.16. The first kappa shape index (κ1) is 15.8. The van der Waals surface area contributed by atoms with Crippen molar-refractivity contribution in [1.29, 1.82) is 0 Å². The summed E-state index contributed by atoms with van der Waals surface area (Å²) in [7, 11) is -4.16. The Balaban J connectivity index is 2.16. The summed E-state index contributed by atoms with van der Waals surface area (Å²) in [6.45, 7) is 2.20. The predicted molar refractivity (Wildman–Crippen MR) is 75.2 cm³/mol. The fourth-order valence-electron chi connectivity index (χ4n) is 1.81. The maximum absolute atomic E-state index is 10.7. The van der Waals surface area contributed by atoms with E-state index in [0.29, 0.717) is 23.4 Å². The fraction of sp³-hybridized carbons (Fsp3) is 0.500. The lowest BCUT2D eigenvalue weighted by atomic mass is 10.2. The summed E-state index contributed by atoms with van der Waals surface area (Å²) in [5.74, 6) is 0.0904. The van der Waals surface area contributed by atoms with Crippen molar-refractivity contribution in [3.8, 4) is 0 Å². The molecular weight excluding hydrogens is 299 g/mol. The Hall–Kier alpha value is -1.58. The smallest absolute Gasteiger partial charge is 0.350 e. The van der Waals surface area contributed by atoms with Gasteiger partial charge in [0.05, 0.1) is 18.6 Å². The number of ether oxygens (including phenoxy) is 1. The summed E-state index contributed by atoms with van der Waals surface area (Å²) >= 11 is 0. The molecule has 11 heteroatoms. The molecule has 0 saturated heterocycles. The zero-order valence-corrected chi connectivity index (χ0v) is 12.3. The van der Waals surface area contributed by atoms with Crippen LogP contribution in [-0.4, -0.2) is 42.3 Å². The maximum Gasteiger partial charge on any atom is 0.350 e. The van der Waals surface area contributed by atoms with Gasteiger partial charge in [0.25, 0.3) is 0 Å². The zero-order chi connectivity index (χ0) is 15.6. The average Bonchev–Trinajstić information content (AvgIpc) is 2.75. The molecule has 1 unspecified atom stereocenters. The maximum atomic E-state index is 10.7. The van der Waals surface area contributed by atoms with E-state index in [2.05, 4.69) is 15.0 Å². The van der Waals surface area contributed by atoms with Gasteiger partial charge in [-0.05, 0) is 6.92 Å². The van der Waals surface area contributed by atoms with E-state index in [1.807, 2.05) is 0 Å². The number of fused-ring (bicyclic) bond motifs is 1. The third-order valence-corrected chi connectivity index (χ3v) is 3.19. The van der Waals surface area contributed by atoms with E-state index in [-0.39, 0.29) is 18.6 Å². The summed E-state index contributed by atoms with van der Waals surface area (Å²) in [6.07, 6.45) is 0.910. The molecule has 2 rings (SSSR count). The average molecular weight is 316 g/mol. The molecule has 0 saturated carbocycles. The van der Waals surface area contributed by atoms with Gasteiger partial charge in [-0.1, -0.05) is 0 Å². The fourth-order valence-corrected chi connectivity index (χ4v) is 2.18. The van der Waals surface area contributed by atoms with E-state index in [1.54, 1.807) is 11.5 Å². The molecule has 116 valence electrons. The van der Waals surface area contributed by atoms with Crippen molar-refractivity contribution in [2.45, 2.75) is 19.5 Å². The third-order valence-electron chi connectivity index (χ3n) is 2.68. The summed E-state index contributed by atoms with van der Waals surface area (Å²) in [5.41, 5.74) is 13.1. The standard InChI is InChI=1S/C10H17N6O4P/c1-6(11)7-8-9(15-10(12)14-7)16(4-13-8)2-3-20-5-21(17,18)19/h4,6H,2-3,5,11H2,1H3,(H2,12,14,15)(H2,17,18,19). The number of imidazole rings is 1. The van der Waals surface area contributed by atoms with Gasteiger partial charge in [0.15, 0.2) is 5.65 Å². The second-order valence-corrected chi connectivity index (χ2v) is 6.16. The number of anilines is 1. The van der Waals surface area contributed by atoms with Crippen LogP contribution in [0.3, 0.4) is 0 Å². The van der Waals surface area contributed by atoms with Crippen LogP contribution in [0.15, 0.2) is 6.33 Å². The van der Waals surface area contributed by atoms with Gasteiger partial charge >= 0.3 is 7.60 Å². The van der Waals surface area contributed by atoms with Crippen LogP contribution in [0.1, 0.15) is 18.7 Å². The van der Waals surface area contributed by atoms with Gasteiger partial charge in [-0.3, -0.25) is 4.57 Å². The molecule has 0 spiro atoms. The number of aromatic nitrogens is 4. The number of nitrogen functional groups attached to an aromatic ring is 1. The Kier molecular flexibility index (Phi) is 4.55. The Morgan fingerprint density at radius 3 is 2.81 bits per heavy atom. The third kappa shape index (κ3) is 3.96. The second kappa shape index (κ2) is 6.04. The molecule has 10 nitrogen and oxygen atoms in total. The van der Waals surface area contributed by atoms with Crippen LogP contribution >= 0.6 is 7.60 Å². The molecule has 2 aromatic heterocycles. The Bertz CT molecular complexity index is 681.